The fourth-order valence-electron chi connectivity index (χ4n) is 3.50. The lowest BCUT2D eigenvalue weighted by atomic mass is 9.96. The molecule has 2 aromatic rings. The van der Waals surface area contributed by atoms with E-state index in [0.717, 1.165) is 32.5 Å². The molecule has 0 unspecified atom stereocenters. The Labute approximate surface area is 166 Å². The minimum Gasteiger partial charge on any atom is -0.497 e. The van der Waals surface area contributed by atoms with Crippen LogP contribution < -0.4 is 20.1 Å². The number of hydrogen-bond donors (Lipinski definition) is 2. The predicted molar refractivity (Wildman–Crippen MR) is 111 cm³/mol. The van der Waals surface area contributed by atoms with Gasteiger partial charge in [-0.2, -0.15) is 0 Å². The second kappa shape index (κ2) is 9.99. The van der Waals surface area contributed by atoms with Crippen LogP contribution in [0.4, 0.5) is 10.5 Å². The minimum absolute atomic E-state index is 0.213. The highest BCUT2D eigenvalue weighted by Crippen LogP contribution is 2.29. The van der Waals surface area contributed by atoms with Gasteiger partial charge < -0.3 is 20.1 Å². The van der Waals surface area contributed by atoms with E-state index < -0.39 is 0 Å². The Balaban J connectivity index is 1.41. The molecule has 150 valence electrons. The van der Waals surface area contributed by atoms with Crippen molar-refractivity contribution in [2.75, 3.05) is 39.2 Å². The average molecular weight is 383 g/mol. The normalized spacial score (nSPS) is 15.1. The number of hydrogen-bond acceptors (Lipinski definition) is 4. The topological polar surface area (TPSA) is 62.8 Å². The highest BCUT2D eigenvalue weighted by atomic mass is 16.5. The van der Waals surface area contributed by atoms with Gasteiger partial charge in [0.15, 0.2) is 0 Å². The maximum absolute atomic E-state index is 12.3. The quantitative estimate of drug-likeness (QED) is 0.765. The molecule has 0 aliphatic carbocycles. The number of methoxy groups -OCH3 is 2. The zero-order valence-electron chi connectivity index (χ0n) is 16.6. The van der Waals surface area contributed by atoms with Gasteiger partial charge >= 0.3 is 6.03 Å². The van der Waals surface area contributed by atoms with Gasteiger partial charge in [-0.25, -0.2) is 4.79 Å². The van der Waals surface area contributed by atoms with Crippen LogP contribution in [0.1, 0.15) is 18.4 Å². The third-order valence-corrected chi connectivity index (χ3v) is 5.16. The van der Waals surface area contributed by atoms with E-state index in [0.29, 0.717) is 29.6 Å². The highest BCUT2D eigenvalue weighted by Gasteiger charge is 2.20. The van der Waals surface area contributed by atoms with Crippen LogP contribution in [-0.4, -0.2) is 44.8 Å². The Morgan fingerprint density at radius 2 is 1.82 bits per heavy atom. The summed E-state index contributed by atoms with van der Waals surface area (Å²) < 4.78 is 10.5. The maximum atomic E-state index is 12.3. The van der Waals surface area contributed by atoms with Crippen LogP contribution >= 0.6 is 0 Å². The van der Waals surface area contributed by atoms with Crippen molar-refractivity contribution < 1.29 is 14.3 Å². The largest absolute Gasteiger partial charge is 0.497 e. The Bertz CT molecular complexity index is 759. The Morgan fingerprint density at radius 1 is 1.07 bits per heavy atom. The monoisotopic (exact) mass is 383 g/mol. The second-order valence-corrected chi connectivity index (χ2v) is 7.11. The van der Waals surface area contributed by atoms with Crippen molar-refractivity contribution in [3.8, 4) is 11.5 Å². The lowest BCUT2D eigenvalue weighted by Gasteiger charge is -2.32. The lowest BCUT2D eigenvalue weighted by Crippen LogP contribution is -2.39. The van der Waals surface area contributed by atoms with Crippen molar-refractivity contribution in [1.29, 1.82) is 0 Å². The molecule has 2 aromatic carbocycles. The number of carbonyl (C=O) groups excluding carboxylic acids is 1. The zero-order valence-corrected chi connectivity index (χ0v) is 16.6. The molecular formula is C22H29N3O3. The van der Waals surface area contributed by atoms with Gasteiger partial charge in [0.25, 0.3) is 0 Å². The summed E-state index contributed by atoms with van der Waals surface area (Å²) >= 11 is 0. The molecule has 1 fully saturated rings. The van der Waals surface area contributed by atoms with Gasteiger partial charge in [-0.15, -0.1) is 0 Å². The van der Waals surface area contributed by atoms with E-state index in [1.54, 1.807) is 32.4 Å². The van der Waals surface area contributed by atoms with Crippen LogP contribution in [0.15, 0.2) is 48.5 Å². The number of nitrogens with one attached hydrogen (secondary N) is 2. The van der Waals surface area contributed by atoms with Crippen molar-refractivity contribution in [1.82, 2.24) is 10.2 Å². The Hall–Kier alpha value is -2.73. The van der Waals surface area contributed by atoms with Crippen LogP contribution in [0.5, 0.6) is 11.5 Å². The Kier molecular flexibility index (Phi) is 7.14. The number of benzene rings is 2. The summed E-state index contributed by atoms with van der Waals surface area (Å²) in [4.78, 5) is 14.7. The van der Waals surface area contributed by atoms with E-state index in [4.69, 9.17) is 9.47 Å². The van der Waals surface area contributed by atoms with E-state index in [9.17, 15) is 4.79 Å². The number of nitrogens with zero attached hydrogens (tertiary/aromatic N) is 1. The molecule has 2 N–H and O–H groups in total. The number of carbonyl (C=O) groups is 1. The molecule has 1 saturated heterocycles. The van der Waals surface area contributed by atoms with Gasteiger partial charge in [0.2, 0.25) is 0 Å². The zero-order chi connectivity index (χ0) is 19.8. The molecule has 28 heavy (non-hydrogen) atoms. The molecule has 0 aromatic heterocycles. The first-order valence-corrected chi connectivity index (χ1v) is 9.71. The van der Waals surface area contributed by atoms with Crippen molar-refractivity contribution in [3.63, 3.8) is 0 Å². The molecule has 6 heteroatoms. The van der Waals surface area contributed by atoms with Gasteiger partial charge in [-0.1, -0.05) is 30.3 Å². The molecule has 1 aliphatic heterocycles. The van der Waals surface area contributed by atoms with Crippen LogP contribution in [0, 0.1) is 5.92 Å². The van der Waals surface area contributed by atoms with E-state index >= 15 is 0 Å². The van der Waals surface area contributed by atoms with Crippen LogP contribution in [0.25, 0.3) is 0 Å². The first kappa shape index (κ1) is 20.0. The van der Waals surface area contributed by atoms with Crippen LogP contribution in [0.2, 0.25) is 0 Å². The average Bonchev–Trinajstić information content (AvgIpc) is 2.74. The fourth-order valence-corrected chi connectivity index (χ4v) is 3.50. The number of amides is 2. The van der Waals surface area contributed by atoms with Crippen molar-refractivity contribution in [2.24, 2.45) is 5.92 Å². The third kappa shape index (κ3) is 5.63. The minimum atomic E-state index is -0.213. The molecule has 2 amide bonds. The smallest absolute Gasteiger partial charge is 0.319 e. The molecular weight excluding hydrogens is 354 g/mol. The number of piperidine rings is 1. The summed E-state index contributed by atoms with van der Waals surface area (Å²) in [6.07, 6.45) is 2.19. The summed E-state index contributed by atoms with van der Waals surface area (Å²) in [6, 6.07) is 15.7. The lowest BCUT2D eigenvalue weighted by molar-refractivity contribution is 0.175. The summed E-state index contributed by atoms with van der Waals surface area (Å²) in [7, 11) is 3.17. The van der Waals surface area contributed by atoms with E-state index in [1.165, 1.54) is 5.56 Å². The molecule has 0 bridgehead atoms. The summed E-state index contributed by atoms with van der Waals surface area (Å²) in [6.45, 7) is 3.81. The molecule has 6 nitrogen and oxygen atoms in total. The van der Waals surface area contributed by atoms with Gasteiger partial charge in [0, 0.05) is 19.2 Å². The maximum Gasteiger partial charge on any atom is 0.319 e. The highest BCUT2D eigenvalue weighted by molar-refractivity contribution is 5.91. The van der Waals surface area contributed by atoms with Gasteiger partial charge in [0.05, 0.1) is 19.9 Å². The first-order chi connectivity index (χ1) is 13.7. The molecule has 1 aliphatic rings. The molecule has 0 spiro atoms. The summed E-state index contributed by atoms with van der Waals surface area (Å²) in [5.74, 6) is 1.77. The Morgan fingerprint density at radius 3 is 2.50 bits per heavy atom. The number of urea groups is 1. The van der Waals surface area contributed by atoms with Crippen molar-refractivity contribution in [2.45, 2.75) is 19.4 Å². The number of ether oxygens (including phenoxy) is 2. The van der Waals surface area contributed by atoms with Gasteiger partial charge in [-0.05, 0) is 49.5 Å². The van der Waals surface area contributed by atoms with Crippen molar-refractivity contribution >= 4 is 11.7 Å². The number of anilines is 1. The molecule has 1 heterocycles. The third-order valence-electron chi connectivity index (χ3n) is 5.16. The molecule has 0 radical (unpaired) electrons. The van der Waals surface area contributed by atoms with Crippen LogP contribution in [0.3, 0.4) is 0 Å². The molecule has 0 saturated carbocycles. The number of likely N-dealkylation sites (tertiary alicyclic amines) is 1. The molecule has 0 atom stereocenters. The summed E-state index contributed by atoms with van der Waals surface area (Å²) in [5, 5.41) is 5.84. The van der Waals surface area contributed by atoms with Gasteiger partial charge in [-0.3, -0.25) is 4.90 Å². The standard InChI is InChI=1S/C22H29N3O3/c1-27-19-8-9-20(21(14-19)28-2)24-22(26)23-15-17-10-12-25(13-11-17)16-18-6-4-3-5-7-18/h3-9,14,17H,10-13,15-16H2,1-2H3,(H2,23,24,26). The first-order valence-electron chi connectivity index (χ1n) is 9.71. The summed E-state index contributed by atoms with van der Waals surface area (Å²) in [5.41, 5.74) is 1.98. The fraction of sp³-hybridized carbons (Fsp3) is 0.409. The SMILES string of the molecule is COc1ccc(NC(=O)NCC2CCN(Cc3ccccc3)CC2)c(OC)c1. The molecule has 3 rings (SSSR count). The van der Waals surface area contributed by atoms with Crippen molar-refractivity contribution in [3.05, 3.63) is 54.1 Å². The van der Waals surface area contributed by atoms with Crippen LogP contribution in [-0.2, 0) is 6.54 Å². The van der Waals surface area contributed by atoms with E-state index in [1.807, 2.05) is 6.07 Å². The van der Waals surface area contributed by atoms with E-state index in [-0.39, 0.29) is 6.03 Å². The second-order valence-electron chi connectivity index (χ2n) is 7.11. The number of rotatable bonds is 7. The van der Waals surface area contributed by atoms with Gasteiger partial charge in [0.1, 0.15) is 11.5 Å². The van der Waals surface area contributed by atoms with E-state index in [2.05, 4.69) is 39.8 Å². The predicted octanol–water partition coefficient (Wildman–Crippen LogP) is 3.74.